The maximum atomic E-state index is 12.1. The summed E-state index contributed by atoms with van der Waals surface area (Å²) in [6, 6.07) is 4.23. The zero-order chi connectivity index (χ0) is 14.0. The Hall–Kier alpha value is -0.850. The molecule has 0 amide bonds. The van der Waals surface area contributed by atoms with Crippen LogP contribution in [-0.4, -0.2) is 32.9 Å². The maximum absolute atomic E-state index is 12.1. The van der Waals surface area contributed by atoms with Gasteiger partial charge in [0, 0.05) is 12.6 Å². The zero-order valence-corrected chi connectivity index (χ0v) is 12.3. The molecule has 0 radical (unpaired) electrons. The van der Waals surface area contributed by atoms with Crippen molar-refractivity contribution < 1.29 is 17.6 Å². The van der Waals surface area contributed by atoms with Crippen LogP contribution in [0.25, 0.3) is 0 Å². The smallest absolute Gasteiger partial charge is 0.160 e. The van der Waals surface area contributed by atoms with Gasteiger partial charge in [0.2, 0.25) is 0 Å². The second kappa shape index (κ2) is 5.87. The largest absolute Gasteiger partial charge is 0.464 e. The summed E-state index contributed by atoms with van der Waals surface area (Å²) in [7, 11) is -3.16. The molecule has 1 saturated carbocycles. The summed E-state index contributed by atoms with van der Waals surface area (Å²) in [4.78, 5) is 0. The van der Waals surface area contributed by atoms with Gasteiger partial charge in [-0.1, -0.05) is 0 Å². The Labute approximate surface area is 119 Å². The highest BCUT2D eigenvalue weighted by Gasteiger charge is 2.25. The first-order chi connectivity index (χ1) is 9.61. The molecule has 1 aliphatic carbocycles. The molecule has 0 aromatic carbocycles. The summed E-state index contributed by atoms with van der Waals surface area (Å²) in [5.74, 6) is 1.40. The van der Waals surface area contributed by atoms with E-state index in [4.69, 9.17) is 9.15 Å². The SMILES string of the molecule is O=S(=O)(Cc1ccc(CNC2CC2)o1)CC1CCCO1. The molecule has 2 heterocycles. The normalized spacial score (nSPS) is 23.3. The molecule has 20 heavy (non-hydrogen) atoms. The molecule has 1 saturated heterocycles. The van der Waals surface area contributed by atoms with Crippen LogP contribution in [0.2, 0.25) is 0 Å². The first-order valence-electron chi connectivity index (χ1n) is 7.24. The zero-order valence-electron chi connectivity index (χ0n) is 11.5. The highest BCUT2D eigenvalue weighted by molar-refractivity contribution is 7.90. The van der Waals surface area contributed by atoms with Crippen LogP contribution in [0.3, 0.4) is 0 Å². The molecule has 0 spiro atoms. The highest BCUT2D eigenvalue weighted by Crippen LogP contribution is 2.21. The average molecular weight is 299 g/mol. The van der Waals surface area contributed by atoms with Gasteiger partial charge in [0.15, 0.2) is 9.84 Å². The van der Waals surface area contributed by atoms with Gasteiger partial charge < -0.3 is 14.5 Å². The van der Waals surface area contributed by atoms with Crippen LogP contribution in [0.5, 0.6) is 0 Å². The van der Waals surface area contributed by atoms with E-state index in [9.17, 15) is 8.42 Å². The van der Waals surface area contributed by atoms with Gasteiger partial charge in [0.05, 0.1) is 18.4 Å². The Morgan fingerprint density at radius 2 is 2.00 bits per heavy atom. The Balaban J connectivity index is 1.52. The number of nitrogens with one attached hydrogen (secondary N) is 1. The number of hydrogen-bond donors (Lipinski definition) is 1. The third kappa shape index (κ3) is 4.07. The Bertz CT molecular complexity index is 541. The van der Waals surface area contributed by atoms with Crippen LogP contribution in [0.15, 0.2) is 16.5 Å². The van der Waals surface area contributed by atoms with E-state index in [2.05, 4.69) is 5.32 Å². The van der Waals surface area contributed by atoms with Gasteiger partial charge in [0.25, 0.3) is 0 Å². The molecule has 1 atom stereocenters. The lowest BCUT2D eigenvalue weighted by molar-refractivity contribution is 0.127. The fourth-order valence-corrected chi connectivity index (χ4v) is 4.00. The first-order valence-corrected chi connectivity index (χ1v) is 9.06. The van der Waals surface area contributed by atoms with E-state index >= 15 is 0 Å². The van der Waals surface area contributed by atoms with E-state index in [1.807, 2.05) is 6.07 Å². The van der Waals surface area contributed by atoms with E-state index in [0.717, 1.165) is 18.6 Å². The van der Waals surface area contributed by atoms with Crippen molar-refractivity contribution in [3.8, 4) is 0 Å². The van der Waals surface area contributed by atoms with Crippen molar-refractivity contribution >= 4 is 9.84 Å². The predicted octanol–water partition coefficient (Wildman–Crippen LogP) is 1.63. The molecule has 1 N–H and O–H groups in total. The minimum Gasteiger partial charge on any atom is -0.464 e. The third-order valence-corrected chi connectivity index (χ3v) is 5.29. The standard InChI is InChI=1S/C14H21NO4S/c16-20(17,9-13-2-1-7-18-13)10-14-6-5-12(19-14)8-15-11-3-4-11/h5-6,11,13,15H,1-4,7-10H2. The van der Waals surface area contributed by atoms with Crippen LogP contribution in [0.1, 0.15) is 37.2 Å². The summed E-state index contributed by atoms with van der Waals surface area (Å²) in [5.41, 5.74) is 0. The molecule has 1 aliphatic heterocycles. The molecule has 6 heteroatoms. The monoisotopic (exact) mass is 299 g/mol. The lowest BCUT2D eigenvalue weighted by Gasteiger charge is -2.09. The van der Waals surface area contributed by atoms with Crippen LogP contribution < -0.4 is 5.32 Å². The fourth-order valence-electron chi connectivity index (χ4n) is 2.46. The molecule has 3 rings (SSSR count). The quantitative estimate of drug-likeness (QED) is 0.828. The van der Waals surface area contributed by atoms with E-state index in [1.54, 1.807) is 6.07 Å². The Morgan fingerprint density at radius 3 is 2.70 bits per heavy atom. The predicted molar refractivity (Wildman–Crippen MR) is 75.0 cm³/mol. The number of rotatable bonds is 7. The molecule has 1 unspecified atom stereocenters. The average Bonchev–Trinajstić information content (AvgIpc) is 2.89. The summed E-state index contributed by atoms with van der Waals surface area (Å²) < 4.78 is 35.1. The lowest BCUT2D eigenvalue weighted by Crippen LogP contribution is -2.21. The van der Waals surface area contributed by atoms with Gasteiger partial charge in [0.1, 0.15) is 17.3 Å². The topological polar surface area (TPSA) is 68.5 Å². The van der Waals surface area contributed by atoms with Crippen molar-refractivity contribution in [1.82, 2.24) is 5.32 Å². The Kier molecular flexibility index (Phi) is 4.14. The van der Waals surface area contributed by atoms with Gasteiger partial charge in [-0.15, -0.1) is 0 Å². The van der Waals surface area contributed by atoms with Crippen LogP contribution in [0, 0.1) is 0 Å². The summed E-state index contributed by atoms with van der Waals surface area (Å²) >= 11 is 0. The second-order valence-corrected chi connectivity index (χ2v) is 7.82. The van der Waals surface area contributed by atoms with Crippen LogP contribution in [-0.2, 0) is 26.9 Å². The minimum absolute atomic E-state index is 0.0315. The van der Waals surface area contributed by atoms with E-state index in [1.165, 1.54) is 12.8 Å². The molecule has 1 aromatic heterocycles. The number of furan rings is 1. The number of hydrogen-bond acceptors (Lipinski definition) is 5. The summed E-state index contributed by atoms with van der Waals surface area (Å²) in [5, 5.41) is 3.34. The van der Waals surface area contributed by atoms with E-state index < -0.39 is 9.84 Å². The van der Waals surface area contributed by atoms with Gasteiger partial charge >= 0.3 is 0 Å². The molecule has 112 valence electrons. The van der Waals surface area contributed by atoms with Gasteiger partial charge in [-0.05, 0) is 37.8 Å². The number of sulfone groups is 1. The second-order valence-electron chi connectivity index (χ2n) is 5.71. The summed E-state index contributed by atoms with van der Waals surface area (Å²) in [6.07, 6.45) is 4.12. The van der Waals surface area contributed by atoms with Crippen molar-refractivity contribution in [2.45, 2.75) is 50.1 Å². The molecule has 1 aromatic rings. The highest BCUT2D eigenvalue weighted by atomic mass is 32.2. The van der Waals surface area contributed by atoms with Crippen LogP contribution >= 0.6 is 0 Å². The van der Waals surface area contributed by atoms with Gasteiger partial charge in [-0.25, -0.2) is 8.42 Å². The molecule has 0 bridgehead atoms. The van der Waals surface area contributed by atoms with E-state index in [0.29, 0.717) is 25.0 Å². The van der Waals surface area contributed by atoms with Crippen molar-refractivity contribution in [3.05, 3.63) is 23.7 Å². The summed E-state index contributed by atoms with van der Waals surface area (Å²) in [6.45, 7) is 1.36. The molecule has 5 nitrogen and oxygen atoms in total. The van der Waals surface area contributed by atoms with Crippen molar-refractivity contribution in [3.63, 3.8) is 0 Å². The van der Waals surface area contributed by atoms with Crippen molar-refractivity contribution in [1.29, 1.82) is 0 Å². The molecule has 2 aliphatic rings. The molecular formula is C14H21NO4S. The fraction of sp³-hybridized carbons (Fsp3) is 0.714. The third-order valence-electron chi connectivity index (χ3n) is 3.69. The van der Waals surface area contributed by atoms with Crippen LogP contribution in [0.4, 0.5) is 0 Å². The van der Waals surface area contributed by atoms with Crippen molar-refractivity contribution in [2.75, 3.05) is 12.4 Å². The van der Waals surface area contributed by atoms with E-state index in [-0.39, 0.29) is 17.6 Å². The number of ether oxygens (including phenoxy) is 1. The Morgan fingerprint density at radius 1 is 1.20 bits per heavy atom. The maximum Gasteiger partial charge on any atom is 0.160 e. The molecule has 2 fully saturated rings. The van der Waals surface area contributed by atoms with Crippen molar-refractivity contribution in [2.24, 2.45) is 0 Å². The van der Waals surface area contributed by atoms with Gasteiger partial charge in [-0.3, -0.25) is 0 Å². The van der Waals surface area contributed by atoms with Gasteiger partial charge in [-0.2, -0.15) is 0 Å². The molecular weight excluding hydrogens is 278 g/mol. The lowest BCUT2D eigenvalue weighted by atomic mass is 10.3. The minimum atomic E-state index is -3.16. The first kappa shape index (κ1) is 14.1.